The molecule has 3 aliphatic rings. The number of nitrogens with zero attached hydrogens (tertiary/aromatic N) is 1. The summed E-state index contributed by atoms with van der Waals surface area (Å²) in [7, 11) is 0. The van der Waals surface area contributed by atoms with Gasteiger partial charge in [-0.3, -0.25) is 10.1 Å². The minimum atomic E-state index is -0.862. The number of carbonyl (C=O) groups excluding carboxylic acids is 1. The number of ether oxygens (including phenoxy) is 2. The van der Waals surface area contributed by atoms with E-state index in [1.54, 1.807) is 13.0 Å². The van der Waals surface area contributed by atoms with Gasteiger partial charge in [-0.05, 0) is 69.1 Å². The average Bonchev–Trinajstić information content (AvgIpc) is 3.67. The Kier molecular flexibility index (Phi) is 5.42. The Balaban J connectivity index is 1.33. The molecule has 1 aliphatic heterocycles. The number of anilines is 1. The summed E-state index contributed by atoms with van der Waals surface area (Å²) in [5.74, 6) is -0.684. The number of rotatable bonds is 7. The van der Waals surface area contributed by atoms with E-state index in [9.17, 15) is 9.59 Å². The number of hydrogen-bond acceptors (Lipinski definition) is 6. The fourth-order valence-electron chi connectivity index (χ4n) is 5.16. The largest absolute Gasteiger partial charge is 0.481 e. The van der Waals surface area contributed by atoms with Gasteiger partial charge in [0.05, 0.1) is 24.2 Å². The van der Waals surface area contributed by atoms with Gasteiger partial charge < -0.3 is 19.1 Å². The van der Waals surface area contributed by atoms with Crippen LogP contribution in [-0.4, -0.2) is 40.6 Å². The van der Waals surface area contributed by atoms with Crippen LogP contribution in [0.1, 0.15) is 57.2 Å². The number of aromatic nitrogens is 1. The molecule has 2 N–H and O–H groups in total. The molecule has 3 fully saturated rings. The van der Waals surface area contributed by atoms with Crippen molar-refractivity contribution in [3.8, 4) is 11.3 Å². The van der Waals surface area contributed by atoms with Crippen molar-refractivity contribution in [2.24, 2.45) is 11.8 Å². The SMILES string of the molecule is Cc1noc(-c2ccc(C3(C)COC4(CC(=O)O)CC4C3)cc2F)c1NC(=O)O[C@H](C)C1CC1. The highest BCUT2D eigenvalue weighted by Gasteiger charge is 2.62. The Morgan fingerprint density at radius 1 is 1.35 bits per heavy atom. The van der Waals surface area contributed by atoms with Crippen LogP contribution in [0.3, 0.4) is 0 Å². The van der Waals surface area contributed by atoms with Crippen LogP contribution in [-0.2, 0) is 19.7 Å². The molecular formula is C25H29FN2O6. The van der Waals surface area contributed by atoms with Gasteiger partial charge in [0.25, 0.3) is 0 Å². The molecule has 2 saturated carbocycles. The number of carboxylic acid groups (broad SMARTS) is 1. The molecule has 2 aromatic rings. The Morgan fingerprint density at radius 3 is 2.76 bits per heavy atom. The molecule has 0 bridgehead atoms. The molecule has 1 saturated heterocycles. The van der Waals surface area contributed by atoms with E-state index in [0.29, 0.717) is 18.2 Å². The van der Waals surface area contributed by atoms with E-state index in [0.717, 1.165) is 31.2 Å². The summed E-state index contributed by atoms with van der Waals surface area (Å²) in [4.78, 5) is 23.5. The van der Waals surface area contributed by atoms with Crippen molar-refractivity contribution in [2.75, 3.05) is 11.9 Å². The number of aryl methyl sites for hydroxylation is 1. The van der Waals surface area contributed by atoms with E-state index in [-0.39, 0.29) is 35.5 Å². The smallest absolute Gasteiger partial charge is 0.412 e. The first kappa shape index (κ1) is 22.8. The van der Waals surface area contributed by atoms with Crippen LogP contribution in [0.4, 0.5) is 14.9 Å². The monoisotopic (exact) mass is 472 g/mol. The van der Waals surface area contributed by atoms with Crippen molar-refractivity contribution < 1.29 is 33.1 Å². The number of fused-ring (bicyclic) bond motifs is 1. The molecule has 2 heterocycles. The minimum absolute atomic E-state index is 0.00351. The van der Waals surface area contributed by atoms with Crippen LogP contribution in [0.2, 0.25) is 0 Å². The van der Waals surface area contributed by atoms with Crippen molar-refractivity contribution in [3.05, 3.63) is 35.3 Å². The van der Waals surface area contributed by atoms with E-state index < -0.39 is 28.9 Å². The molecule has 1 aromatic heterocycles. The van der Waals surface area contributed by atoms with Crippen LogP contribution >= 0.6 is 0 Å². The predicted octanol–water partition coefficient (Wildman–Crippen LogP) is 5.05. The molecule has 1 aromatic carbocycles. The summed E-state index contributed by atoms with van der Waals surface area (Å²) in [6.45, 7) is 5.86. The molecule has 1 amide bonds. The molecule has 9 heteroatoms. The number of halogens is 1. The van der Waals surface area contributed by atoms with Gasteiger partial charge in [-0.2, -0.15) is 0 Å². The first-order valence-electron chi connectivity index (χ1n) is 11.7. The summed E-state index contributed by atoms with van der Waals surface area (Å²) >= 11 is 0. The van der Waals surface area contributed by atoms with Crippen LogP contribution in [0.15, 0.2) is 22.7 Å². The molecule has 2 aliphatic carbocycles. The minimum Gasteiger partial charge on any atom is -0.481 e. The van der Waals surface area contributed by atoms with E-state index in [1.165, 1.54) is 6.07 Å². The third-order valence-corrected chi connectivity index (χ3v) is 7.58. The molecule has 34 heavy (non-hydrogen) atoms. The highest BCUT2D eigenvalue weighted by Crippen LogP contribution is 2.59. The van der Waals surface area contributed by atoms with E-state index in [2.05, 4.69) is 10.5 Å². The number of hydrogen-bond donors (Lipinski definition) is 2. The quantitative estimate of drug-likeness (QED) is 0.580. The van der Waals surface area contributed by atoms with Crippen molar-refractivity contribution in [2.45, 2.75) is 70.0 Å². The van der Waals surface area contributed by atoms with Gasteiger partial charge in [0, 0.05) is 5.41 Å². The number of benzene rings is 1. The van der Waals surface area contributed by atoms with Crippen LogP contribution in [0.25, 0.3) is 11.3 Å². The first-order chi connectivity index (χ1) is 16.1. The summed E-state index contributed by atoms with van der Waals surface area (Å²) in [6, 6.07) is 4.90. The summed E-state index contributed by atoms with van der Waals surface area (Å²) < 4.78 is 32.1. The van der Waals surface area contributed by atoms with Gasteiger partial charge in [-0.25, -0.2) is 9.18 Å². The highest BCUT2D eigenvalue weighted by atomic mass is 19.1. The fraction of sp³-hybridized carbons (Fsp3) is 0.560. The van der Waals surface area contributed by atoms with Crippen LogP contribution in [0, 0.1) is 24.6 Å². The summed E-state index contributed by atoms with van der Waals surface area (Å²) in [6.07, 6.45) is 2.76. The zero-order valence-corrected chi connectivity index (χ0v) is 19.5. The van der Waals surface area contributed by atoms with E-state index in [4.69, 9.17) is 19.1 Å². The van der Waals surface area contributed by atoms with Gasteiger partial charge in [0.15, 0.2) is 5.76 Å². The Bertz CT molecular complexity index is 1140. The van der Waals surface area contributed by atoms with Gasteiger partial charge in [-0.1, -0.05) is 18.1 Å². The number of carboxylic acids is 1. The molecule has 5 rings (SSSR count). The normalized spacial score (nSPS) is 28.6. The maximum Gasteiger partial charge on any atom is 0.412 e. The van der Waals surface area contributed by atoms with E-state index >= 15 is 4.39 Å². The summed E-state index contributed by atoms with van der Waals surface area (Å²) in [5.41, 5.74) is 0.667. The molecule has 3 unspecified atom stereocenters. The topological polar surface area (TPSA) is 111 Å². The molecular weight excluding hydrogens is 443 g/mol. The number of nitrogens with one attached hydrogen (secondary N) is 1. The fourth-order valence-corrected chi connectivity index (χ4v) is 5.16. The lowest BCUT2D eigenvalue weighted by Crippen LogP contribution is -2.39. The average molecular weight is 473 g/mol. The maximum absolute atomic E-state index is 15.3. The van der Waals surface area contributed by atoms with E-state index in [1.807, 2.05) is 19.9 Å². The lowest BCUT2D eigenvalue weighted by Gasteiger charge is -2.37. The second-order valence-corrected chi connectivity index (χ2v) is 10.3. The van der Waals surface area contributed by atoms with Gasteiger partial charge >= 0.3 is 12.1 Å². The van der Waals surface area contributed by atoms with Gasteiger partial charge in [0.2, 0.25) is 0 Å². The Morgan fingerprint density at radius 2 is 2.12 bits per heavy atom. The van der Waals surface area contributed by atoms with Crippen molar-refractivity contribution in [1.29, 1.82) is 0 Å². The summed E-state index contributed by atoms with van der Waals surface area (Å²) in [5, 5.41) is 15.7. The lowest BCUT2D eigenvalue weighted by molar-refractivity contribution is -0.143. The van der Waals surface area contributed by atoms with Gasteiger partial charge in [0.1, 0.15) is 23.3 Å². The van der Waals surface area contributed by atoms with Crippen molar-refractivity contribution in [3.63, 3.8) is 0 Å². The van der Waals surface area contributed by atoms with Crippen molar-refractivity contribution >= 4 is 17.7 Å². The standard InChI is InChI=1S/C25H29FN2O6/c1-13-21(27-23(31)33-14(2)15-4-5-15)22(34-28-13)18-7-6-16(8-19(18)26)24(3)9-17-10-25(17,32-12-24)11-20(29)30/h6-8,14-15,17H,4-5,9-12H2,1-3H3,(H,27,31)(H,29,30)/t14-,17?,24?,25?/m1/s1. The molecule has 4 atom stereocenters. The Labute approximate surface area is 196 Å². The zero-order valence-electron chi connectivity index (χ0n) is 19.5. The third-order valence-electron chi connectivity index (χ3n) is 7.58. The second-order valence-electron chi connectivity index (χ2n) is 10.3. The first-order valence-corrected chi connectivity index (χ1v) is 11.7. The van der Waals surface area contributed by atoms with Crippen LogP contribution < -0.4 is 5.32 Å². The van der Waals surface area contributed by atoms with Crippen LogP contribution in [0.5, 0.6) is 0 Å². The lowest BCUT2D eigenvalue weighted by atomic mass is 9.76. The molecule has 0 spiro atoms. The molecule has 8 nitrogen and oxygen atoms in total. The Hall–Kier alpha value is -2.94. The second kappa shape index (κ2) is 8.08. The number of carbonyl (C=O) groups is 2. The predicted molar refractivity (Wildman–Crippen MR) is 120 cm³/mol. The number of aliphatic carboxylic acids is 1. The highest BCUT2D eigenvalue weighted by molar-refractivity contribution is 5.90. The molecule has 182 valence electrons. The molecule has 0 radical (unpaired) electrons. The number of amides is 1. The zero-order chi connectivity index (χ0) is 24.3. The van der Waals surface area contributed by atoms with Gasteiger partial charge in [-0.15, -0.1) is 0 Å². The maximum atomic E-state index is 15.3. The third kappa shape index (κ3) is 4.17. The van der Waals surface area contributed by atoms with Crippen molar-refractivity contribution in [1.82, 2.24) is 5.16 Å².